The molecule has 0 aliphatic rings. The quantitative estimate of drug-likeness (QED) is 0.730. The highest BCUT2D eigenvalue weighted by molar-refractivity contribution is 5.88. The summed E-state index contributed by atoms with van der Waals surface area (Å²) in [5, 5.41) is 11.6. The van der Waals surface area contributed by atoms with E-state index in [2.05, 4.69) is 0 Å². The van der Waals surface area contributed by atoms with Gasteiger partial charge in [0.05, 0.1) is 12.5 Å². The second kappa shape index (κ2) is 6.97. The van der Waals surface area contributed by atoms with E-state index in [1.165, 1.54) is 0 Å². The molecule has 3 rings (SSSR count). The SMILES string of the molecule is O=C(O)C(CCOc1cccc2ccccc12)c1ccccc1. The fourth-order valence-corrected chi connectivity index (χ4v) is 2.73. The average molecular weight is 306 g/mol. The Morgan fingerprint density at radius 3 is 2.39 bits per heavy atom. The third-order valence-corrected chi connectivity index (χ3v) is 3.91. The zero-order chi connectivity index (χ0) is 16.1. The lowest BCUT2D eigenvalue weighted by atomic mass is 9.96. The van der Waals surface area contributed by atoms with Gasteiger partial charge in [-0.3, -0.25) is 4.79 Å². The van der Waals surface area contributed by atoms with Crippen LogP contribution in [-0.2, 0) is 4.79 Å². The van der Waals surface area contributed by atoms with Crippen molar-refractivity contribution in [1.82, 2.24) is 0 Å². The van der Waals surface area contributed by atoms with Gasteiger partial charge >= 0.3 is 5.97 Å². The standard InChI is InChI=1S/C20H18O3/c21-20(22)18(16-7-2-1-3-8-16)13-14-23-19-12-6-10-15-9-4-5-11-17(15)19/h1-12,18H,13-14H2,(H,21,22). The van der Waals surface area contributed by atoms with Crippen molar-refractivity contribution in [3.63, 3.8) is 0 Å². The van der Waals surface area contributed by atoms with Gasteiger partial charge in [0, 0.05) is 5.39 Å². The Bertz CT molecular complexity index is 791. The maximum atomic E-state index is 11.5. The molecule has 0 spiro atoms. The molecular weight excluding hydrogens is 288 g/mol. The van der Waals surface area contributed by atoms with Crippen LogP contribution in [0.2, 0.25) is 0 Å². The zero-order valence-corrected chi connectivity index (χ0v) is 12.7. The Balaban J connectivity index is 1.71. The van der Waals surface area contributed by atoms with Crippen molar-refractivity contribution in [3.05, 3.63) is 78.4 Å². The van der Waals surface area contributed by atoms with Crippen molar-refractivity contribution in [2.24, 2.45) is 0 Å². The number of hydrogen-bond donors (Lipinski definition) is 1. The first-order chi connectivity index (χ1) is 11.3. The fourth-order valence-electron chi connectivity index (χ4n) is 2.73. The van der Waals surface area contributed by atoms with Crippen molar-refractivity contribution in [1.29, 1.82) is 0 Å². The Kier molecular flexibility index (Phi) is 4.57. The third kappa shape index (κ3) is 3.51. The molecule has 0 saturated heterocycles. The second-order valence-electron chi connectivity index (χ2n) is 5.42. The Hall–Kier alpha value is -2.81. The number of aliphatic carboxylic acids is 1. The minimum absolute atomic E-state index is 0.361. The van der Waals surface area contributed by atoms with E-state index in [1.807, 2.05) is 72.8 Å². The van der Waals surface area contributed by atoms with Gasteiger partial charge in [-0.25, -0.2) is 0 Å². The summed E-state index contributed by atoms with van der Waals surface area (Å²) < 4.78 is 5.86. The lowest BCUT2D eigenvalue weighted by molar-refractivity contribution is -0.139. The molecule has 1 atom stereocenters. The number of fused-ring (bicyclic) bond motifs is 1. The van der Waals surface area contributed by atoms with E-state index in [-0.39, 0.29) is 0 Å². The molecule has 0 fully saturated rings. The van der Waals surface area contributed by atoms with Crippen molar-refractivity contribution >= 4 is 16.7 Å². The summed E-state index contributed by atoms with van der Waals surface area (Å²) in [6.45, 7) is 0.361. The minimum Gasteiger partial charge on any atom is -0.493 e. The number of carboxylic acid groups (broad SMARTS) is 1. The molecule has 1 unspecified atom stereocenters. The number of benzene rings is 3. The highest BCUT2D eigenvalue weighted by Gasteiger charge is 2.19. The first-order valence-corrected chi connectivity index (χ1v) is 7.64. The maximum absolute atomic E-state index is 11.5. The molecule has 3 aromatic carbocycles. The molecule has 0 heterocycles. The normalized spacial score (nSPS) is 12.0. The van der Waals surface area contributed by atoms with Gasteiger partial charge in [-0.2, -0.15) is 0 Å². The molecule has 0 aliphatic carbocycles. The zero-order valence-electron chi connectivity index (χ0n) is 12.7. The third-order valence-electron chi connectivity index (χ3n) is 3.91. The summed E-state index contributed by atoms with van der Waals surface area (Å²) >= 11 is 0. The van der Waals surface area contributed by atoms with Gasteiger partial charge in [-0.1, -0.05) is 66.7 Å². The molecule has 23 heavy (non-hydrogen) atoms. The van der Waals surface area contributed by atoms with E-state index in [1.54, 1.807) is 0 Å². The number of ether oxygens (including phenoxy) is 1. The van der Waals surface area contributed by atoms with Crippen LogP contribution in [-0.4, -0.2) is 17.7 Å². The predicted octanol–water partition coefficient (Wildman–Crippen LogP) is 4.48. The van der Waals surface area contributed by atoms with Crippen LogP contribution in [0.4, 0.5) is 0 Å². The highest BCUT2D eigenvalue weighted by Crippen LogP contribution is 2.26. The summed E-state index contributed by atoms with van der Waals surface area (Å²) in [5.41, 5.74) is 0.807. The van der Waals surface area contributed by atoms with Crippen molar-refractivity contribution in [2.75, 3.05) is 6.61 Å². The van der Waals surface area contributed by atoms with E-state index in [4.69, 9.17) is 4.74 Å². The van der Waals surface area contributed by atoms with Crippen molar-refractivity contribution in [2.45, 2.75) is 12.3 Å². The Labute approximate surface area is 135 Å². The van der Waals surface area contributed by atoms with E-state index in [0.29, 0.717) is 13.0 Å². The van der Waals surface area contributed by atoms with Gasteiger partial charge in [0.25, 0.3) is 0 Å². The molecule has 3 heteroatoms. The predicted molar refractivity (Wildman–Crippen MR) is 90.9 cm³/mol. The van der Waals surface area contributed by atoms with E-state index in [9.17, 15) is 9.90 Å². The summed E-state index contributed by atoms with van der Waals surface area (Å²) in [6, 6.07) is 23.2. The molecule has 1 N–H and O–H groups in total. The van der Waals surface area contributed by atoms with Crippen LogP contribution in [0.25, 0.3) is 10.8 Å². The topological polar surface area (TPSA) is 46.5 Å². The van der Waals surface area contributed by atoms with Crippen LogP contribution in [0.3, 0.4) is 0 Å². The van der Waals surface area contributed by atoms with Crippen LogP contribution >= 0.6 is 0 Å². The van der Waals surface area contributed by atoms with Crippen molar-refractivity contribution in [3.8, 4) is 5.75 Å². The molecule has 0 amide bonds. The minimum atomic E-state index is -0.822. The van der Waals surface area contributed by atoms with Crippen LogP contribution in [0.15, 0.2) is 72.8 Å². The van der Waals surface area contributed by atoms with E-state index < -0.39 is 11.9 Å². The number of carboxylic acids is 1. The molecule has 0 radical (unpaired) electrons. The summed E-state index contributed by atoms with van der Waals surface area (Å²) in [5.74, 6) is -0.579. The Morgan fingerprint density at radius 1 is 0.913 bits per heavy atom. The summed E-state index contributed by atoms with van der Waals surface area (Å²) in [4.78, 5) is 11.5. The first-order valence-electron chi connectivity index (χ1n) is 7.64. The van der Waals surface area contributed by atoms with Crippen LogP contribution < -0.4 is 4.74 Å². The maximum Gasteiger partial charge on any atom is 0.311 e. The van der Waals surface area contributed by atoms with Gasteiger partial charge in [-0.05, 0) is 23.4 Å². The summed E-state index contributed by atoms with van der Waals surface area (Å²) in [7, 11) is 0. The first kappa shape index (κ1) is 15.1. The molecular formula is C20H18O3. The number of rotatable bonds is 6. The van der Waals surface area contributed by atoms with Crippen LogP contribution in [0, 0.1) is 0 Å². The molecule has 116 valence electrons. The molecule has 0 aliphatic heterocycles. The van der Waals surface area contributed by atoms with Crippen LogP contribution in [0.5, 0.6) is 5.75 Å². The molecule has 0 aromatic heterocycles. The lowest BCUT2D eigenvalue weighted by Gasteiger charge is -2.14. The van der Waals surface area contributed by atoms with Gasteiger partial charge in [-0.15, -0.1) is 0 Å². The monoisotopic (exact) mass is 306 g/mol. The summed E-state index contributed by atoms with van der Waals surface area (Å²) in [6.07, 6.45) is 0.433. The molecule has 3 aromatic rings. The lowest BCUT2D eigenvalue weighted by Crippen LogP contribution is -2.15. The van der Waals surface area contributed by atoms with Gasteiger partial charge in [0.15, 0.2) is 0 Å². The van der Waals surface area contributed by atoms with Crippen LogP contribution in [0.1, 0.15) is 17.9 Å². The molecule has 0 bridgehead atoms. The largest absolute Gasteiger partial charge is 0.493 e. The van der Waals surface area contributed by atoms with Gasteiger partial charge < -0.3 is 9.84 Å². The fraction of sp³-hybridized carbons (Fsp3) is 0.150. The molecule has 3 nitrogen and oxygen atoms in total. The number of hydrogen-bond acceptors (Lipinski definition) is 2. The van der Waals surface area contributed by atoms with E-state index >= 15 is 0 Å². The second-order valence-corrected chi connectivity index (χ2v) is 5.42. The van der Waals surface area contributed by atoms with Crippen molar-refractivity contribution < 1.29 is 14.6 Å². The number of carbonyl (C=O) groups is 1. The van der Waals surface area contributed by atoms with E-state index in [0.717, 1.165) is 22.1 Å². The Morgan fingerprint density at radius 2 is 1.61 bits per heavy atom. The van der Waals surface area contributed by atoms with Gasteiger partial charge in [0.2, 0.25) is 0 Å². The molecule has 0 saturated carbocycles. The highest BCUT2D eigenvalue weighted by atomic mass is 16.5. The van der Waals surface area contributed by atoms with Gasteiger partial charge in [0.1, 0.15) is 5.75 Å². The average Bonchev–Trinajstić information content (AvgIpc) is 2.59. The smallest absolute Gasteiger partial charge is 0.311 e.